The highest BCUT2D eigenvalue weighted by molar-refractivity contribution is 7.21. The fourth-order valence-corrected chi connectivity index (χ4v) is 5.14. The monoisotopic (exact) mass is 427 g/mol. The van der Waals surface area contributed by atoms with E-state index in [2.05, 4.69) is 11.1 Å². The molecule has 2 aromatic heterocycles. The number of aryl methyl sites for hydroxylation is 1. The summed E-state index contributed by atoms with van der Waals surface area (Å²) in [6.45, 7) is 3.12. The van der Waals surface area contributed by atoms with Crippen LogP contribution in [-0.4, -0.2) is 29.1 Å². The average Bonchev–Trinajstić information content (AvgIpc) is 3.26. The number of non-ortho nitro benzene ring substituents is 1. The van der Waals surface area contributed by atoms with Crippen molar-refractivity contribution in [3.05, 3.63) is 67.8 Å². The first-order valence-electron chi connectivity index (χ1n) is 8.82. The highest BCUT2D eigenvalue weighted by Crippen LogP contribution is 2.29. The molecule has 0 fully saturated rings. The highest BCUT2D eigenvalue weighted by Gasteiger charge is 2.14. The third kappa shape index (κ3) is 3.84. The zero-order chi connectivity index (χ0) is 20.5. The van der Waals surface area contributed by atoms with Crippen LogP contribution in [0.1, 0.15) is 15.2 Å². The molecule has 0 aliphatic carbocycles. The van der Waals surface area contributed by atoms with E-state index in [9.17, 15) is 14.9 Å². The number of hydrogen-bond acceptors (Lipinski definition) is 6. The molecule has 9 heteroatoms. The fourth-order valence-electron chi connectivity index (χ4n) is 3.06. The van der Waals surface area contributed by atoms with Gasteiger partial charge >= 0.3 is 0 Å². The molecule has 0 spiro atoms. The molecule has 0 saturated carbocycles. The SMILES string of the molecule is COCCn1c(=NC(=O)c2cc3cc([N+](=O)[O-])ccc3s2)sc2cc(C)ccc21. The number of nitro benzene ring substituents is 1. The molecular formula is C20H17N3O4S2. The molecule has 4 rings (SSSR count). The Morgan fingerprint density at radius 2 is 2.00 bits per heavy atom. The van der Waals surface area contributed by atoms with Gasteiger partial charge in [0.25, 0.3) is 11.6 Å². The molecule has 0 bridgehead atoms. The van der Waals surface area contributed by atoms with Crippen molar-refractivity contribution in [2.24, 2.45) is 4.99 Å². The summed E-state index contributed by atoms with van der Waals surface area (Å²) in [5.74, 6) is -0.358. The second kappa shape index (κ2) is 7.86. The van der Waals surface area contributed by atoms with Gasteiger partial charge in [0.05, 0.1) is 26.6 Å². The molecule has 0 aliphatic heterocycles. The van der Waals surface area contributed by atoms with Crippen molar-refractivity contribution < 1.29 is 14.5 Å². The van der Waals surface area contributed by atoms with Gasteiger partial charge < -0.3 is 9.30 Å². The van der Waals surface area contributed by atoms with Gasteiger partial charge in [0.2, 0.25) is 0 Å². The Morgan fingerprint density at radius 1 is 1.17 bits per heavy atom. The molecule has 0 unspecified atom stereocenters. The van der Waals surface area contributed by atoms with Gasteiger partial charge in [0, 0.05) is 35.9 Å². The van der Waals surface area contributed by atoms with Crippen LogP contribution in [0.4, 0.5) is 5.69 Å². The number of nitro groups is 1. The predicted octanol–water partition coefficient (Wildman–Crippen LogP) is 4.52. The second-order valence-electron chi connectivity index (χ2n) is 6.51. The van der Waals surface area contributed by atoms with Gasteiger partial charge in [-0.2, -0.15) is 4.99 Å². The molecule has 0 radical (unpaired) electrons. The van der Waals surface area contributed by atoms with Gasteiger partial charge in [0.1, 0.15) is 0 Å². The third-order valence-electron chi connectivity index (χ3n) is 4.48. The Kier molecular flexibility index (Phi) is 5.27. The lowest BCUT2D eigenvalue weighted by atomic mass is 10.2. The summed E-state index contributed by atoms with van der Waals surface area (Å²) in [4.78, 5) is 28.8. The first-order valence-corrected chi connectivity index (χ1v) is 10.5. The quantitative estimate of drug-likeness (QED) is 0.346. The minimum absolute atomic E-state index is 0.00326. The van der Waals surface area contributed by atoms with E-state index in [0.717, 1.165) is 20.5 Å². The van der Waals surface area contributed by atoms with Gasteiger partial charge in [-0.15, -0.1) is 11.3 Å². The predicted molar refractivity (Wildman–Crippen MR) is 115 cm³/mol. The molecule has 1 amide bonds. The topological polar surface area (TPSA) is 86.7 Å². The Morgan fingerprint density at radius 3 is 2.76 bits per heavy atom. The maximum atomic E-state index is 12.8. The van der Waals surface area contributed by atoms with Crippen LogP contribution in [0.25, 0.3) is 20.3 Å². The van der Waals surface area contributed by atoms with Crippen LogP contribution in [-0.2, 0) is 11.3 Å². The number of thiazole rings is 1. The molecule has 29 heavy (non-hydrogen) atoms. The van der Waals surface area contributed by atoms with Crippen molar-refractivity contribution in [1.29, 1.82) is 0 Å². The zero-order valence-corrected chi connectivity index (χ0v) is 17.4. The van der Waals surface area contributed by atoms with E-state index in [1.165, 1.54) is 34.8 Å². The number of benzene rings is 2. The number of nitrogens with zero attached hydrogens (tertiary/aromatic N) is 3. The van der Waals surface area contributed by atoms with E-state index in [4.69, 9.17) is 4.74 Å². The van der Waals surface area contributed by atoms with Crippen LogP contribution >= 0.6 is 22.7 Å². The summed E-state index contributed by atoms with van der Waals surface area (Å²) in [5.41, 5.74) is 2.15. The summed E-state index contributed by atoms with van der Waals surface area (Å²) in [6, 6.07) is 12.4. The van der Waals surface area contributed by atoms with Crippen molar-refractivity contribution in [1.82, 2.24) is 4.57 Å². The molecule has 0 N–H and O–H groups in total. The van der Waals surface area contributed by atoms with E-state index in [-0.39, 0.29) is 11.6 Å². The van der Waals surface area contributed by atoms with Gasteiger partial charge in [-0.3, -0.25) is 14.9 Å². The smallest absolute Gasteiger partial charge is 0.289 e. The molecule has 0 saturated heterocycles. The number of carbonyl (C=O) groups excluding carboxylic acids is 1. The Hall–Kier alpha value is -2.88. The number of carbonyl (C=O) groups is 1. The first kappa shape index (κ1) is 19.4. The first-order chi connectivity index (χ1) is 14.0. The number of ether oxygens (including phenoxy) is 1. The summed E-state index contributed by atoms with van der Waals surface area (Å²) >= 11 is 2.74. The molecule has 2 aromatic carbocycles. The number of fused-ring (bicyclic) bond motifs is 2. The van der Waals surface area contributed by atoms with Crippen LogP contribution in [0, 0.1) is 17.0 Å². The van der Waals surface area contributed by atoms with Gasteiger partial charge in [-0.1, -0.05) is 17.4 Å². The van der Waals surface area contributed by atoms with Crippen LogP contribution in [0.5, 0.6) is 0 Å². The summed E-state index contributed by atoms with van der Waals surface area (Å²) in [5, 5.41) is 11.6. The van der Waals surface area contributed by atoms with Crippen molar-refractivity contribution in [3.63, 3.8) is 0 Å². The third-order valence-corrected chi connectivity index (χ3v) is 6.62. The maximum Gasteiger partial charge on any atom is 0.289 e. The second-order valence-corrected chi connectivity index (χ2v) is 8.60. The van der Waals surface area contributed by atoms with Crippen LogP contribution < -0.4 is 4.80 Å². The van der Waals surface area contributed by atoms with Gasteiger partial charge in [-0.25, -0.2) is 0 Å². The van der Waals surface area contributed by atoms with Crippen LogP contribution in [0.2, 0.25) is 0 Å². The Balaban J connectivity index is 1.78. The van der Waals surface area contributed by atoms with Crippen LogP contribution in [0.15, 0.2) is 47.5 Å². The van der Waals surface area contributed by atoms with Crippen LogP contribution in [0.3, 0.4) is 0 Å². The van der Waals surface area contributed by atoms with Gasteiger partial charge in [-0.05, 0) is 36.8 Å². The standard InChI is InChI=1S/C20H17N3O4S2/c1-12-3-5-15-17(9-12)29-20(22(15)7-8-27-2)21-19(24)18-11-13-10-14(23(25)26)4-6-16(13)28-18/h3-6,9-11H,7-8H2,1-2H3. The summed E-state index contributed by atoms with van der Waals surface area (Å²) in [7, 11) is 1.64. The van der Waals surface area contributed by atoms with E-state index >= 15 is 0 Å². The fraction of sp³-hybridized carbons (Fsp3) is 0.200. The van der Waals surface area contributed by atoms with Crippen molar-refractivity contribution in [2.45, 2.75) is 13.5 Å². The number of aromatic nitrogens is 1. The molecule has 0 atom stereocenters. The molecule has 4 aromatic rings. The van der Waals surface area contributed by atoms with Crippen molar-refractivity contribution >= 4 is 54.6 Å². The lowest BCUT2D eigenvalue weighted by Gasteiger charge is -2.04. The van der Waals surface area contributed by atoms with E-state index in [1.807, 2.05) is 23.6 Å². The number of thiophene rings is 1. The lowest BCUT2D eigenvalue weighted by Crippen LogP contribution is -2.19. The van der Waals surface area contributed by atoms with Crippen molar-refractivity contribution in [2.75, 3.05) is 13.7 Å². The number of amides is 1. The summed E-state index contributed by atoms with van der Waals surface area (Å²) in [6.07, 6.45) is 0. The largest absolute Gasteiger partial charge is 0.383 e. The molecule has 7 nitrogen and oxygen atoms in total. The number of rotatable bonds is 5. The normalized spacial score (nSPS) is 12.1. The van der Waals surface area contributed by atoms with Gasteiger partial charge in [0.15, 0.2) is 4.80 Å². The molecular weight excluding hydrogens is 410 g/mol. The zero-order valence-electron chi connectivity index (χ0n) is 15.7. The van der Waals surface area contributed by atoms with E-state index in [1.54, 1.807) is 19.2 Å². The highest BCUT2D eigenvalue weighted by atomic mass is 32.1. The number of methoxy groups -OCH3 is 1. The summed E-state index contributed by atoms with van der Waals surface area (Å²) < 4.78 is 9.06. The molecule has 0 aliphatic rings. The van der Waals surface area contributed by atoms with Crippen molar-refractivity contribution in [3.8, 4) is 0 Å². The minimum Gasteiger partial charge on any atom is -0.383 e. The number of hydrogen-bond donors (Lipinski definition) is 0. The van der Waals surface area contributed by atoms with E-state index < -0.39 is 4.92 Å². The molecule has 148 valence electrons. The minimum atomic E-state index is -0.444. The Labute approximate surface area is 173 Å². The van der Waals surface area contributed by atoms with E-state index in [0.29, 0.717) is 28.2 Å². The molecule has 2 heterocycles. The average molecular weight is 428 g/mol. The maximum absolute atomic E-state index is 12.8. The Bertz CT molecular complexity index is 1320. The lowest BCUT2D eigenvalue weighted by molar-refractivity contribution is -0.384.